The quantitative estimate of drug-likeness (QED) is 0.837. The number of halogens is 3. The molecule has 0 aliphatic heterocycles. The van der Waals surface area contributed by atoms with Gasteiger partial charge >= 0.3 is 6.18 Å². The van der Waals surface area contributed by atoms with Gasteiger partial charge in [0, 0.05) is 11.7 Å². The lowest BCUT2D eigenvalue weighted by atomic mass is 10.1. The Bertz CT molecular complexity index is 350. The standard InChI is InChI=1S/C12H17F3N2/c1-2-10(6-7-16)17-11-5-3-4-9(8-11)12(13,14)15/h3-5,8,10,17H,2,6-7,16H2,1H3. The van der Waals surface area contributed by atoms with Crippen LogP contribution < -0.4 is 11.1 Å². The number of rotatable bonds is 5. The summed E-state index contributed by atoms with van der Waals surface area (Å²) in [6.07, 6.45) is -2.73. The Morgan fingerprint density at radius 3 is 2.59 bits per heavy atom. The number of benzene rings is 1. The van der Waals surface area contributed by atoms with Crippen molar-refractivity contribution in [2.24, 2.45) is 5.73 Å². The summed E-state index contributed by atoms with van der Waals surface area (Å²) in [5, 5.41) is 3.06. The zero-order valence-electron chi connectivity index (χ0n) is 9.72. The van der Waals surface area contributed by atoms with Crippen molar-refractivity contribution in [2.45, 2.75) is 32.0 Å². The Kier molecular flexibility index (Phi) is 4.81. The van der Waals surface area contributed by atoms with Gasteiger partial charge in [-0.15, -0.1) is 0 Å². The maximum absolute atomic E-state index is 12.5. The van der Waals surface area contributed by atoms with Gasteiger partial charge in [-0.25, -0.2) is 0 Å². The van der Waals surface area contributed by atoms with E-state index in [0.717, 1.165) is 25.0 Å². The first-order valence-corrected chi connectivity index (χ1v) is 5.61. The van der Waals surface area contributed by atoms with E-state index in [-0.39, 0.29) is 6.04 Å². The molecule has 17 heavy (non-hydrogen) atoms. The lowest BCUT2D eigenvalue weighted by molar-refractivity contribution is -0.137. The van der Waals surface area contributed by atoms with Gasteiger partial charge in [0.05, 0.1) is 5.56 Å². The van der Waals surface area contributed by atoms with E-state index in [1.807, 2.05) is 6.92 Å². The fraction of sp³-hybridized carbons (Fsp3) is 0.500. The summed E-state index contributed by atoms with van der Waals surface area (Å²) in [4.78, 5) is 0. The number of alkyl halides is 3. The molecule has 1 unspecified atom stereocenters. The third kappa shape index (κ3) is 4.26. The molecule has 5 heteroatoms. The molecule has 1 aromatic carbocycles. The van der Waals surface area contributed by atoms with Crippen molar-refractivity contribution >= 4 is 5.69 Å². The highest BCUT2D eigenvalue weighted by Crippen LogP contribution is 2.30. The van der Waals surface area contributed by atoms with Crippen molar-refractivity contribution in [2.75, 3.05) is 11.9 Å². The van der Waals surface area contributed by atoms with E-state index < -0.39 is 11.7 Å². The summed E-state index contributed by atoms with van der Waals surface area (Å²) in [7, 11) is 0. The second-order valence-corrected chi connectivity index (χ2v) is 3.91. The topological polar surface area (TPSA) is 38.0 Å². The average molecular weight is 246 g/mol. The maximum Gasteiger partial charge on any atom is 0.416 e. The van der Waals surface area contributed by atoms with E-state index in [1.165, 1.54) is 6.07 Å². The second-order valence-electron chi connectivity index (χ2n) is 3.91. The molecule has 0 radical (unpaired) electrons. The zero-order chi connectivity index (χ0) is 12.9. The van der Waals surface area contributed by atoms with Crippen molar-refractivity contribution in [3.05, 3.63) is 29.8 Å². The predicted octanol–water partition coefficient (Wildman–Crippen LogP) is 3.24. The Labute approximate surface area is 99.0 Å². The summed E-state index contributed by atoms with van der Waals surface area (Å²) in [6.45, 7) is 2.49. The van der Waals surface area contributed by atoms with Crippen LogP contribution in [0.1, 0.15) is 25.3 Å². The first-order chi connectivity index (χ1) is 7.97. The summed E-state index contributed by atoms with van der Waals surface area (Å²) >= 11 is 0. The molecule has 3 N–H and O–H groups in total. The van der Waals surface area contributed by atoms with Gasteiger partial charge in [0.25, 0.3) is 0 Å². The molecule has 0 aliphatic carbocycles. The predicted molar refractivity (Wildman–Crippen MR) is 62.8 cm³/mol. The fourth-order valence-electron chi connectivity index (χ4n) is 1.60. The molecule has 0 amide bonds. The van der Waals surface area contributed by atoms with Gasteiger partial charge in [0.1, 0.15) is 0 Å². The smallest absolute Gasteiger partial charge is 0.382 e. The summed E-state index contributed by atoms with van der Waals surface area (Å²) < 4.78 is 37.5. The fourth-order valence-corrected chi connectivity index (χ4v) is 1.60. The third-order valence-electron chi connectivity index (χ3n) is 2.57. The van der Waals surface area contributed by atoms with Gasteiger partial charge in [0.2, 0.25) is 0 Å². The normalized spacial score (nSPS) is 13.5. The summed E-state index contributed by atoms with van der Waals surface area (Å²) in [5.41, 5.74) is 5.29. The molecule has 0 saturated heterocycles. The number of nitrogens with one attached hydrogen (secondary N) is 1. The lowest BCUT2D eigenvalue weighted by Crippen LogP contribution is -2.22. The molecule has 0 heterocycles. The maximum atomic E-state index is 12.5. The van der Waals surface area contributed by atoms with E-state index in [0.29, 0.717) is 12.2 Å². The van der Waals surface area contributed by atoms with E-state index in [1.54, 1.807) is 6.07 Å². The van der Waals surface area contributed by atoms with Crippen molar-refractivity contribution in [3.8, 4) is 0 Å². The highest BCUT2D eigenvalue weighted by Gasteiger charge is 2.30. The molecule has 0 bridgehead atoms. The minimum atomic E-state index is -4.30. The van der Waals surface area contributed by atoms with Crippen LogP contribution in [-0.2, 0) is 6.18 Å². The van der Waals surface area contributed by atoms with Crippen LogP contribution >= 0.6 is 0 Å². The molecular weight excluding hydrogens is 229 g/mol. The molecule has 0 fully saturated rings. The van der Waals surface area contributed by atoms with Crippen LogP contribution in [0.25, 0.3) is 0 Å². The molecule has 0 saturated carbocycles. The van der Waals surface area contributed by atoms with E-state index in [4.69, 9.17) is 5.73 Å². The summed E-state index contributed by atoms with van der Waals surface area (Å²) in [5.74, 6) is 0. The van der Waals surface area contributed by atoms with Crippen LogP contribution in [0.2, 0.25) is 0 Å². The van der Waals surface area contributed by atoms with E-state index in [9.17, 15) is 13.2 Å². The van der Waals surface area contributed by atoms with Crippen LogP contribution in [0.3, 0.4) is 0 Å². The first-order valence-electron chi connectivity index (χ1n) is 5.61. The molecule has 0 aliphatic rings. The van der Waals surface area contributed by atoms with Gasteiger partial charge in [-0.2, -0.15) is 13.2 Å². The van der Waals surface area contributed by atoms with Gasteiger partial charge in [-0.3, -0.25) is 0 Å². The number of hydrogen-bond donors (Lipinski definition) is 2. The van der Waals surface area contributed by atoms with Crippen molar-refractivity contribution < 1.29 is 13.2 Å². The van der Waals surface area contributed by atoms with Crippen molar-refractivity contribution in [1.29, 1.82) is 0 Å². The van der Waals surface area contributed by atoms with Crippen molar-refractivity contribution in [1.82, 2.24) is 0 Å². The third-order valence-corrected chi connectivity index (χ3v) is 2.57. The minimum absolute atomic E-state index is 0.114. The van der Waals surface area contributed by atoms with Crippen LogP contribution in [0.5, 0.6) is 0 Å². The molecule has 0 aromatic heterocycles. The van der Waals surface area contributed by atoms with Crippen molar-refractivity contribution in [3.63, 3.8) is 0 Å². The number of anilines is 1. The minimum Gasteiger partial charge on any atom is -0.382 e. The second kappa shape index (κ2) is 5.91. The van der Waals surface area contributed by atoms with Crippen LogP contribution in [0, 0.1) is 0 Å². The van der Waals surface area contributed by atoms with E-state index in [2.05, 4.69) is 5.32 Å². The Balaban J connectivity index is 2.78. The molecule has 96 valence electrons. The SMILES string of the molecule is CCC(CCN)Nc1cccc(C(F)(F)F)c1. The molecule has 1 aromatic rings. The highest BCUT2D eigenvalue weighted by molar-refractivity contribution is 5.47. The monoisotopic (exact) mass is 246 g/mol. The average Bonchev–Trinajstić information content (AvgIpc) is 2.28. The Morgan fingerprint density at radius 2 is 2.06 bits per heavy atom. The van der Waals surface area contributed by atoms with Crippen LogP contribution in [0.15, 0.2) is 24.3 Å². The number of nitrogens with two attached hydrogens (primary N) is 1. The molecular formula is C12H17F3N2. The Morgan fingerprint density at radius 1 is 1.35 bits per heavy atom. The summed E-state index contributed by atoms with van der Waals surface area (Å²) in [6, 6.07) is 5.34. The first kappa shape index (κ1) is 13.8. The van der Waals surface area contributed by atoms with E-state index >= 15 is 0 Å². The molecule has 1 atom stereocenters. The highest BCUT2D eigenvalue weighted by atomic mass is 19.4. The van der Waals surface area contributed by atoms with Gasteiger partial charge < -0.3 is 11.1 Å². The molecule has 2 nitrogen and oxygen atoms in total. The van der Waals surface area contributed by atoms with Gasteiger partial charge in [-0.05, 0) is 37.6 Å². The number of hydrogen-bond acceptors (Lipinski definition) is 2. The molecule has 1 rings (SSSR count). The lowest BCUT2D eigenvalue weighted by Gasteiger charge is -2.18. The largest absolute Gasteiger partial charge is 0.416 e. The van der Waals surface area contributed by atoms with Crippen LogP contribution in [-0.4, -0.2) is 12.6 Å². The zero-order valence-corrected chi connectivity index (χ0v) is 9.72. The van der Waals surface area contributed by atoms with Gasteiger partial charge in [-0.1, -0.05) is 13.0 Å². The molecule has 0 spiro atoms. The Hall–Kier alpha value is -1.23. The van der Waals surface area contributed by atoms with Gasteiger partial charge in [0.15, 0.2) is 0 Å². The van der Waals surface area contributed by atoms with Crippen LogP contribution in [0.4, 0.5) is 18.9 Å².